The van der Waals surface area contributed by atoms with Crippen LogP contribution in [0.3, 0.4) is 0 Å². The van der Waals surface area contributed by atoms with Gasteiger partial charge in [0.15, 0.2) is 22.9 Å². The number of alkyl halides is 3. The summed E-state index contributed by atoms with van der Waals surface area (Å²) in [5.41, 5.74) is -2.63. The number of carbonyl (C=O) groups is 1. The maximum absolute atomic E-state index is 15.0. The number of aryl methyl sites for hydroxylation is 1. The van der Waals surface area contributed by atoms with Gasteiger partial charge >= 0.3 is 6.18 Å². The van der Waals surface area contributed by atoms with Crippen LogP contribution in [0.15, 0.2) is 29.1 Å². The molecule has 204 valence electrons. The van der Waals surface area contributed by atoms with Crippen molar-refractivity contribution in [3.05, 3.63) is 63.1 Å². The second-order valence-electron chi connectivity index (χ2n) is 9.88. The molecular formula is C26H28F4N4O4. The van der Waals surface area contributed by atoms with Crippen LogP contribution in [0.5, 0.6) is 5.75 Å². The SMILES string of the molecule is Cc1nc2nc(C(F)(F)F)c([C@H](C)Oc3ccc(C(=O)N4C[C@@H](C)C(O)[C@@H](C)C4)cc3F)cc2c(=O)n1C. The fraction of sp³-hybridized carbons (Fsp3) is 0.462. The summed E-state index contributed by atoms with van der Waals surface area (Å²) in [4.78, 5) is 34.7. The number of ether oxygens (including phenoxy) is 1. The van der Waals surface area contributed by atoms with E-state index in [0.29, 0.717) is 13.1 Å². The van der Waals surface area contributed by atoms with Crippen LogP contribution in [0.2, 0.25) is 0 Å². The Hall–Kier alpha value is -3.54. The lowest BCUT2D eigenvalue weighted by atomic mass is 9.88. The number of piperidine rings is 1. The molecule has 8 nitrogen and oxygen atoms in total. The zero-order valence-corrected chi connectivity index (χ0v) is 21.5. The Labute approximate surface area is 215 Å². The molecule has 1 unspecified atom stereocenters. The predicted octanol–water partition coefficient (Wildman–Crippen LogP) is 4.02. The Bertz CT molecular complexity index is 1440. The van der Waals surface area contributed by atoms with Crippen molar-refractivity contribution < 1.29 is 32.2 Å². The highest BCUT2D eigenvalue weighted by Crippen LogP contribution is 2.36. The smallest absolute Gasteiger partial charge is 0.433 e. The Kier molecular flexibility index (Phi) is 7.21. The molecule has 1 aromatic carbocycles. The molecule has 0 radical (unpaired) electrons. The van der Waals surface area contributed by atoms with E-state index in [1.807, 2.05) is 13.8 Å². The minimum Gasteiger partial charge on any atom is -0.483 e. The van der Waals surface area contributed by atoms with E-state index in [1.54, 1.807) is 0 Å². The quantitative estimate of drug-likeness (QED) is 0.506. The molecule has 1 saturated heterocycles. The van der Waals surface area contributed by atoms with Gasteiger partial charge in [0.2, 0.25) is 0 Å². The largest absolute Gasteiger partial charge is 0.483 e. The molecule has 4 rings (SSSR count). The van der Waals surface area contributed by atoms with E-state index in [1.165, 1.54) is 42.5 Å². The van der Waals surface area contributed by atoms with E-state index >= 15 is 0 Å². The maximum atomic E-state index is 15.0. The number of aliphatic hydroxyl groups excluding tert-OH is 1. The Morgan fingerprint density at radius 3 is 2.37 bits per heavy atom. The van der Waals surface area contributed by atoms with Crippen LogP contribution in [0.1, 0.15) is 54.3 Å². The van der Waals surface area contributed by atoms with Gasteiger partial charge in [-0.25, -0.2) is 14.4 Å². The van der Waals surface area contributed by atoms with Crippen molar-refractivity contribution in [1.29, 1.82) is 0 Å². The summed E-state index contributed by atoms with van der Waals surface area (Å²) >= 11 is 0. The number of pyridine rings is 1. The monoisotopic (exact) mass is 536 g/mol. The zero-order valence-electron chi connectivity index (χ0n) is 21.5. The Morgan fingerprint density at radius 2 is 1.79 bits per heavy atom. The highest BCUT2D eigenvalue weighted by atomic mass is 19.4. The molecule has 2 aromatic heterocycles. The number of nitrogens with zero attached hydrogens (tertiary/aromatic N) is 4. The third-order valence-electron chi connectivity index (χ3n) is 6.98. The van der Waals surface area contributed by atoms with Gasteiger partial charge in [-0.05, 0) is 49.9 Å². The number of carbonyl (C=O) groups excluding carboxylic acids is 1. The molecule has 12 heteroatoms. The first-order chi connectivity index (χ1) is 17.7. The topological polar surface area (TPSA) is 97.6 Å². The van der Waals surface area contributed by atoms with Crippen LogP contribution >= 0.6 is 0 Å². The zero-order chi connectivity index (χ0) is 28.1. The maximum Gasteiger partial charge on any atom is 0.433 e. The van der Waals surface area contributed by atoms with Crippen LogP contribution in [-0.2, 0) is 13.2 Å². The fourth-order valence-corrected chi connectivity index (χ4v) is 4.73. The number of halogens is 4. The molecular weight excluding hydrogens is 508 g/mol. The second kappa shape index (κ2) is 9.97. The Balaban J connectivity index is 1.64. The molecule has 4 atom stereocenters. The van der Waals surface area contributed by atoms with Crippen LogP contribution in [0.25, 0.3) is 11.0 Å². The summed E-state index contributed by atoms with van der Waals surface area (Å²) in [7, 11) is 1.44. The number of rotatable bonds is 4. The van der Waals surface area contributed by atoms with Gasteiger partial charge in [-0.15, -0.1) is 0 Å². The third-order valence-corrected chi connectivity index (χ3v) is 6.98. The van der Waals surface area contributed by atoms with Crippen LogP contribution in [0, 0.1) is 24.6 Å². The standard InChI is InChI=1S/C26H28F4N4O4/c1-12-10-34(11-13(2)21(12)35)24(36)16-6-7-20(19(27)8-16)38-14(3)17-9-18-23(32-22(17)26(28,29)30)31-15(4)33(5)25(18)37/h6-9,12-14,21,35H,10-11H2,1-5H3/t12-,13+,14-,21?/m0/s1. The van der Waals surface area contributed by atoms with Gasteiger partial charge in [0.1, 0.15) is 11.9 Å². The van der Waals surface area contributed by atoms with Gasteiger partial charge in [-0.2, -0.15) is 13.2 Å². The van der Waals surface area contributed by atoms with Crippen molar-refractivity contribution in [2.75, 3.05) is 13.1 Å². The molecule has 38 heavy (non-hydrogen) atoms. The average Bonchev–Trinajstić information content (AvgIpc) is 2.85. The van der Waals surface area contributed by atoms with Crippen molar-refractivity contribution in [2.45, 2.75) is 46.1 Å². The van der Waals surface area contributed by atoms with E-state index in [-0.39, 0.29) is 40.0 Å². The molecule has 3 heterocycles. The first-order valence-electron chi connectivity index (χ1n) is 12.1. The molecule has 1 amide bonds. The van der Waals surface area contributed by atoms with Crippen molar-refractivity contribution in [1.82, 2.24) is 19.4 Å². The number of likely N-dealkylation sites (tertiary alicyclic amines) is 1. The number of benzene rings is 1. The number of fused-ring (bicyclic) bond motifs is 1. The van der Waals surface area contributed by atoms with Crippen LogP contribution < -0.4 is 10.3 Å². The number of hydrogen-bond donors (Lipinski definition) is 1. The predicted molar refractivity (Wildman–Crippen MR) is 130 cm³/mol. The number of aliphatic hydroxyl groups is 1. The van der Waals surface area contributed by atoms with Gasteiger partial charge in [-0.3, -0.25) is 14.2 Å². The third kappa shape index (κ3) is 5.09. The first-order valence-corrected chi connectivity index (χ1v) is 12.1. The molecule has 1 fully saturated rings. The lowest BCUT2D eigenvalue weighted by Crippen LogP contribution is -2.49. The Morgan fingerprint density at radius 1 is 1.16 bits per heavy atom. The summed E-state index contributed by atoms with van der Waals surface area (Å²) in [5, 5.41) is 10.0. The molecule has 0 bridgehead atoms. The average molecular weight is 537 g/mol. The number of amides is 1. The van der Waals surface area contributed by atoms with E-state index < -0.39 is 46.9 Å². The lowest BCUT2D eigenvalue weighted by Gasteiger charge is -2.38. The second-order valence-corrected chi connectivity index (χ2v) is 9.88. The van der Waals surface area contributed by atoms with Crippen molar-refractivity contribution >= 4 is 16.9 Å². The van der Waals surface area contributed by atoms with Gasteiger partial charge < -0.3 is 14.7 Å². The highest BCUT2D eigenvalue weighted by Gasteiger charge is 2.38. The normalized spacial score (nSPS) is 21.0. The summed E-state index contributed by atoms with van der Waals surface area (Å²) in [6, 6.07) is 4.50. The molecule has 1 N–H and O–H groups in total. The van der Waals surface area contributed by atoms with Crippen molar-refractivity contribution in [2.24, 2.45) is 18.9 Å². The van der Waals surface area contributed by atoms with Gasteiger partial charge in [0.25, 0.3) is 11.5 Å². The summed E-state index contributed by atoms with van der Waals surface area (Å²) < 4.78 is 63.3. The lowest BCUT2D eigenvalue weighted by molar-refractivity contribution is -0.142. The molecule has 1 aliphatic heterocycles. The fourth-order valence-electron chi connectivity index (χ4n) is 4.73. The molecule has 3 aromatic rings. The van der Waals surface area contributed by atoms with Crippen molar-refractivity contribution in [3.63, 3.8) is 0 Å². The summed E-state index contributed by atoms with van der Waals surface area (Å²) in [5.74, 6) is -1.83. The van der Waals surface area contributed by atoms with Gasteiger partial charge in [-0.1, -0.05) is 13.8 Å². The molecule has 0 saturated carbocycles. The number of aromatic nitrogens is 3. The minimum atomic E-state index is -4.89. The minimum absolute atomic E-state index is 0.0478. The summed E-state index contributed by atoms with van der Waals surface area (Å²) in [6.45, 7) is 7.02. The highest BCUT2D eigenvalue weighted by molar-refractivity contribution is 5.94. The summed E-state index contributed by atoms with van der Waals surface area (Å²) in [6.07, 6.45) is -6.78. The molecule has 0 spiro atoms. The molecule has 1 aliphatic rings. The van der Waals surface area contributed by atoms with Crippen LogP contribution in [-0.4, -0.2) is 49.6 Å². The first kappa shape index (κ1) is 27.5. The number of hydrogen-bond acceptors (Lipinski definition) is 6. The van der Waals surface area contributed by atoms with Gasteiger partial charge in [0, 0.05) is 31.3 Å². The molecule has 0 aliphatic carbocycles. The van der Waals surface area contributed by atoms with Gasteiger partial charge in [0.05, 0.1) is 11.5 Å². The van der Waals surface area contributed by atoms with E-state index in [0.717, 1.165) is 12.1 Å². The van der Waals surface area contributed by atoms with Crippen LogP contribution in [0.4, 0.5) is 17.6 Å². The van der Waals surface area contributed by atoms with Crippen molar-refractivity contribution in [3.8, 4) is 5.75 Å². The van der Waals surface area contributed by atoms with E-state index in [4.69, 9.17) is 4.74 Å². The van der Waals surface area contributed by atoms with E-state index in [9.17, 15) is 32.3 Å². The van der Waals surface area contributed by atoms with E-state index in [2.05, 4.69) is 9.97 Å².